The van der Waals surface area contributed by atoms with Crippen molar-refractivity contribution in [3.8, 4) is 5.75 Å². The molecule has 0 fully saturated rings. The fourth-order valence-corrected chi connectivity index (χ4v) is 4.14. The molecule has 0 spiro atoms. The highest BCUT2D eigenvalue weighted by Gasteiger charge is 2.30. The van der Waals surface area contributed by atoms with Gasteiger partial charge in [0.1, 0.15) is 5.75 Å². The van der Waals surface area contributed by atoms with Crippen LogP contribution in [0.4, 0.5) is 0 Å². The molecule has 2 atom stereocenters. The molecule has 0 heterocycles. The van der Waals surface area contributed by atoms with E-state index in [9.17, 15) is 4.57 Å². The third kappa shape index (κ3) is 5.51. The molecule has 2 rings (SSSR count). The lowest BCUT2D eigenvalue weighted by atomic mass is 10.0. The second-order valence-electron chi connectivity index (χ2n) is 5.95. The van der Waals surface area contributed by atoms with E-state index in [2.05, 4.69) is 13.8 Å². The van der Waals surface area contributed by atoms with Gasteiger partial charge < -0.3 is 4.52 Å². The monoisotopic (exact) mass is 346 g/mol. The van der Waals surface area contributed by atoms with E-state index in [0.717, 1.165) is 25.7 Å². The number of unbranched alkanes of at least 4 members (excludes halogenated alkanes) is 1. The third-order valence-electron chi connectivity index (χ3n) is 4.06. The van der Waals surface area contributed by atoms with Gasteiger partial charge in [0.05, 0.1) is 11.9 Å². The smallest absolute Gasteiger partial charge is 0.410 e. The van der Waals surface area contributed by atoms with Crippen LogP contribution in [-0.2, 0) is 9.09 Å². The van der Waals surface area contributed by atoms with Gasteiger partial charge in [-0.3, -0.25) is 4.52 Å². The summed E-state index contributed by atoms with van der Waals surface area (Å²) in [6, 6.07) is 18.4. The first kappa shape index (κ1) is 18.8. The second kappa shape index (κ2) is 9.66. The second-order valence-corrected chi connectivity index (χ2v) is 7.90. The molecule has 0 N–H and O–H groups in total. The van der Waals surface area contributed by atoms with Gasteiger partial charge in [-0.15, -0.1) is 0 Å². The molecule has 2 aromatic carbocycles. The van der Waals surface area contributed by atoms with Gasteiger partial charge in [0.15, 0.2) is 0 Å². The summed E-state index contributed by atoms with van der Waals surface area (Å²) in [4.78, 5) is 0. The first-order valence-electron chi connectivity index (χ1n) is 8.72. The highest BCUT2D eigenvalue weighted by molar-refractivity contribution is 7.62. The Kier molecular flexibility index (Phi) is 7.55. The van der Waals surface area contributed by atoms with E-state index >= 15 is 0 Å². The van der Waals surface area contributed by atoms with Gasteiger partial charge >= 0.3 is 7.60 Å². The molecule has 2 unspecified atom stereocenters. The Balaban J connectivity index is 2.15. The number of para-hydroxylation sites is 1. The van der Waals surface area contributed by atoms with Gasteiger partial charge in [0.2, 0.25) is 0 Å². The molecule has 0 bridgehead atoms. The molecule has 0 radical (unpaired) electrons. The maximum atomic E-state index is 13.4. The lowest BCUT2D eigenvalue weighted by Gasteiger charge is -2.22. The lowest BCUT2D eigenvalue weighted by Crippen LogP contribution is -2.16. The number of benzene rings is 2. The van der Waals surface area contributed by atoms with Crippen LogP contribution in [0, 0.1) is 5.92 Å². The molecule has 3 nitrogen and oxygen atoms in total. The zero-order valence-electron chi connectivity index (χ0n) is 14.6. The van der Waals surface area contributed by atoms with Crippen molar-refractivity contribution in [3.05, 3.63) is 60.7 Å². The van der Waals surface area contributed by atoms with Gasteiger partial charge in [-0.25, -0.2) is 4.57 Å². The van der Waals surface area contributed by atoms with E-state index in [0.29, 0.717) is 23.6 Å². The van der Waals surface area contributed by atoms with Crippen molar-refractivity contribution in [2.45, 2.75) is 39.5 Å². The molecule has 0 aliphatic carbocycles. The van der Waals surface area contributed by atoms with Crippen molar-refractivity contribution in [2.75, 3.05) is 6.61 Å². The van der Waals surface area contributed by atoms with Crippen LogP contribution in [0.2, 0.25) is 0 Å². The summed E-state index contributed by atoms with van der Waals surface area (Å²) in [7, 11) is -3.39. The zero-order valence-corrected chi connectivity index (χ0v) is 15.5. The molecule has 2 aromatic rings. The molecule has 0 aliphatic rings. The van der Waals surface area contributed by atoms with E-state index < -0.39 is 7.60 Å². The van der Waals surface area contributed by atoms with Crippen LogP contribution in [0.5, 0.6) is 5.75 Å². The van der Waals surface area contributed by atoms with E-state index in [1.54, 1.807) is 24.3 Å². The summed E-state index contributed by atoms with van der Waals surface area (Å²) in [6.07, 6.45) is 4.43. The predicted octanol–water partition coefficient (Wildman–Crippen LogP) is 5.82. The highest BCUT2D eigenvalue weighted by atomic mass is 31.2. The van der Waals surface area contributed by atoms with Crippen molar-refractivity contribution >= 4 is 12.9 Å². The molecule has 130 valence electrons. The molecule has 0 aromatic heterocycles. The first-order valence-corrected chi connectivity index (χ1v) is 10.3. The Morgan fingerprint density at radius 3 is 2.17 bits per heavy atom. The van der Waals surface area contributed by atoms with Gasteiger partial charge in [-0.1, -0.05) is 69.5 Å². The van der Waals surface area contributed by atoms with Gasteiger partial charge in [0.25, 0.3) is 0 Å². The molecule has 0 saturated carbocycles. The first-order chi connectivity index (χ1) is 11.7. The van der Waals surface area contributed by atoms with Crippen LogP contribution in [0.15, 0.2) is 60.7 Å². The van der Waals surface area contributed by atoms with E-state index in [-0.39, 0.29) is 0 Å². The normalized spacial score (nSPS) is 14.8. The van der Waals surface area contributed by atoms with E-state index in [1.165, 1.54) is 0 Å². The zero-order chi connectivity index (χ0) is 17.3. The van der Waals surface area contributed by atoms with Crippen LogP contribution in [0.1, 0.15) is 39.5 Å². The highest BCUT2D eigenvalue weighted by Crippen LogP contribution is 2.47. The molecular weight excluding hydrogens is 319 g/mol. The van der Waals surface area contributed by atoms with Gasteiger partial charge in [-0.05, 0) is 36.6 Å². The Labute approximate surface area is 145 Å². The summed E-state index contributed by atoms with van der Waals surface area (Å²) >= 11 is 0. The van der Waals surface area contributed by atoms with Crippen molar-refractivity contribution in [3.63, 3.8) is 0 Å². The minimum Gasteiger partial charge on any atom is -0.421 e. The molecule has 4 heteroatoms. The summed E-state index contributed by atoms with van der Waals surface area (Å²) in [6.45, 7) is 4.78. The van der Waals surface area contributed by atoms with Crippen LogP contribution in [-0.4, -0.2) is 6.61 Å². The number of hydrogen-bond donors (Lipinski definition) is 0. The van der Waals surface area contributed by atoms with Gasteiger partial charge in [0, 0.05) is 0 Å². The van der Waals surface area contributed by atoms with Crippen LogP contribution >= 0.6 is 7.60 Å². The lowest BCUT2D eigenvalue weighted by molar-refractivity contribution is 0.213. The molecule has 0 saturated heterocycles. The molecule has 24 heavy (non-hydrogen) atoms. The van der Waals surface area contributed by atoms with Crippen LogP contribution < -0.4 is 9.83 Å². The van der Waals surface area contributed by atoms with Crippen molar-refractivity contribution in [1.82, 2.24) is 0 Å². The summed E-state index contributed by atoms with van der Waals surface area (Å²) < 4.78 is 25.2. The standard InChI is InChI=1S/C20H27O3P/c1-3-5-12-18(4-2)17-22-24(21,20-15-10-7-11-16-20)23-19-13-8-6-9-14-19/h6-11,13-16,18H,3-5,12,17H2,1-2H3. The molecule has 0 amide bonds. The number of hydrogen-bond acceptors (Lipinski definition) is 3. The van der Waals surface area contributed by atoms with E-state index in [1.807, 2.05) is 36.4 Å². The Hall–Kier alpha value is -1.57. The average Bonchev–Trinajstić information content (AvgIpc) is 2.63. The number of rotatable bonds is 10. The molecular formula is C20H27O3P. The topological polar surface area (TPSA) is 35.5 Å². The minimum absolute atomic E-state index is 0.404. The quantitative estimate of drug-likeness (QED) is 0.509. The minimum atomic E-state index is -3.39. The average molecular weight is 346 g/mol. The fraction of sp³-hybridized carbons (Fsp3) is 0.400. The Morgan fingerprint density at radius 2 is 1.58 bits per heavy atom. The SMILES string of the molecule is CCCCC(CC)COP(=O)(Oc1ccccc1)c1ccccc1. The van der Waals surface area contributed by atoms with Crippen molar-refractivity contribution in [2.24, 2.45) is 5.92 Å². The van der Waals surface area contributed by atoms with E-state index in [4.69, 9.17) is 9.05 Å². The predicted molar refractivity (Wildman–Crippen MR) is 100 cm³/mol. The molecule has 0 aliphatic heterocycles. The summed E-state index contributed by atoms with van der Waals surface area (Å²) in [5, 5.41) is 0.596. The Morgan fingerprint density at radius 1 is 0.958 bits per heavy atom. The third-order valence-corrected chi connectivity index (χ3v) is 5.94. The van der Waals surface area contributed by atoms with Crippen molar-refractivity contribution in [1.29, 1.82) is 0 Å². The van der Waals surface area contributed by atoms with Crippen molar-refractivity contribution < 1.29 is 13.6 Å². The maximum absolute atomic E-state index is 13.4. The largest absolute Gasteiger partial charge is 0.421 e. The Bertz CT molecular complexity index is 628. The van der Waals surface area contributed by atoms with Crippen LogP contribution in [0.3, 0.4) is 0 Å². The van der Waals surface area contributed by atoms with Crippen LogP contribution in [0.25, 0.3) is 0 Å². The summed E-state index contributed by atoms with van der Waals surface area (Å²) in [5.41, 5.74) is 0. The maximum Gasteiger partial charge on any atom is 0.410 e. The summed E-state index contributed by atoms with van der Waals surface area (Å²) in [5.74, 6) is 0.965. The van der Waals surface area contributed by atoms with Gasteiger partial charge in [-0.2, -0.15) is 0 Å². The fourth-order valence-electron chi connectivity index (χ4n) is 2.49.